The van der Waals surface area contributed by atoms with Crippen molar-refractivity contribution in [2.45, 2.75) is 51.0 Å². The molecule has 1 aromatic carbocycles. The van der Waals surface area contributed by atoms with Crippen molar-refractivity contribution in [3.05, 3.63) is 29.3 Å². The van der Waals surface area contributed by atoms with Gasteiger partial charge in [-0.2, -0.15) is 0 Å². The summed E-state index contributed by atoms with van der Waals surface area (Å²) in [6.45, 7) is 4.65. The average Bonchev–Trinajstić information content (AvgIpc) is 2.89. The van der Waals surface area contributed by atoms with Crippen LogP contribution in [0.1, 0.15) is 36.8 Å². The van der Waals surface area contributed by atoms with Gasteiger partial charge < -0.3 is 19.7 Å². The molecule has 0 radical (unpaired) electrons. The van der Waals surface area contributed by atoms with Crippen LogP contribution in [0, 0.1) is 6.92 Å². The third-order valence-electron chi connectivity index (χ3n) is 4.57. The second kappa shape index (κ2) is 6.57. The topological polar surface area (TPSA) is 33.7 Å². The number of nitrogens with one attached hydrogen (secondary N) is 1. The van der Waals surface area contributed by atoms with Crippen molar-refractivity contribution in [3.8, 4) is 0 Å². The Morgan fingerprint density at radius 1 is 1.14 bits per heavy atom. The molecule has 0 aromatic heterocycles. The maximum atomic E-state index is 5.81. The zero-order valence-electron chi connectivity index (χ0n) is 14.0. The summed E-state index contributed by atoms with van der Waals surface area (Å²) in [5.41, 5.74) is 3.92. The normalized spacial score (nSPS) is 21.6. The number of ether oxygens (including phenoxy) is 2. The summed E-state index contributed by atoms with van der Waals surface area (Å²) in [5.74, 6) is -0.263. The molecule has 0 bridgehead atoms. The van der Waals surface area contributed by atoms with Gasteiger partial charge in [-0.05, 0) is 57.1 Å². The predicted octanol–water partition coefficient (Wildman–Crippen LogP) is 3.15. The van der Waals surface area contributed by atoms with Crippen LogP contribution in [0.4, 0.5) is 5.69 Å². The van der Waals surface area contributed by atoms with E-state index in [-0.39, 0.29) is 5.79 Å². The van der Waals surface area contributed by atoms with Gasteiger partial charge in [-0.15, -0.1) is 0 Å². The van der Waals surface area contributed by atoms with Crippen molar-refractivity contribution in [2.24, 2.45) is 0 Å². The average molecular weight is 304 g/mol. The van der Waals surface area contributed by atoms with Crippen LogP contribution >= 0.6 is 0 Å². The monoisotopic (exact) mass is 304 g/mol. The molecule has 4 nitrogen and oxygen atoms in total. The van der Waals surface area contributed by atoms with Gasteiger partial charge in [0.25, 0.3) is 0 Å². The number of hydrogen-bond donors (Lipinski definition) is 1. The third-order valence-corrected chi connectivity index (χ3v) is 4.57. The molecule has 1 N–H and O–H groups in total. The standard InChI is InChI=1S/C18H28N2O2/c1-14-10-15(13-20(2)3)12-17(11-14)19-16-4-6-18(7-5-16)21-8-9-22-18/h10-12,16,19H,4-9,13H2,1-3H3. The first kappa shape index (κ1) is 15.8. The molecule has 122 valence electrons. The molecule has 3 rings (SSSR count). The van der Waals surface area contributed by atoms with E-state index in [0.717, 1.165) is 45.4 Å². The van der Waals surface area contributed by atoms with Gasteiger partial charge >= 0.3 is 0 Å². The second-order valence-corrected chi connectivity index (χ2v) is 6.97. The Labute approximate surface area is 133 Å². The molecule has 1 heterocycles. The Hall–Kier alpha value is -1.10. The summed E-state index contributed by atoms with van der Waals surface area (Å²) >= 11 is 0. The Morgan fingerprint density at radius 3 is 2.45 bits per heavy atom. The summed E-state index contributed by atoms with van der Waals surface area (Å²) in [4.78, 5) is 2.21. The minimum absolute atomic E-state index is 0.263. The summed E-state index contributed by atoms with van der Waals surface area (Å²) in [7, 11) is 4.22. The lowest BCUT2D eigenvalue weighted by Crippen LogP contribution is -2.39. The van der Waals surface area contributed by atoms with E-state index >= 15 is 0 Å². The number of benzene rings is 1. The molecule has 1 saturated heterocycles. The highest BCUT2D eigenvalue weighted by molar-refractivity contribution is 5.49. The van der Waals surface area contributed by atoms with Crippen molar-refractivity contribution in [2.75, 3.05) is 32.6 Å². The molecule has 1 aliphatic carbocycles. The predicted molar refractivity (Wildman–Crippen MR) is 89.1 cm³/mol. The van der Waals surface area contributed by atoms with Gasteiger partial charge in [0.1, 0.15) is 0 Å². The van der Waals surface area contributed by atoms with Gasteiger partial charge in [-0.3, -0.25) is 0 Å². The maximum absolute atomic E-state index is 5.81. The molecule has 2 fully saturated rings. The maximum Gasteiger partial charge on any atom is 0.168 e. The van der Waals surface area contributed by atoms with Crippen LogP contribution in [0.25, 0.3) is 0 Å². The summed E-state index contributed by atoms with van der Waals surface area (Å²) < 4.78 is 11.6. The molecular weight excluding hydrogens is 276 g/mol. The summed E-state index contributed by atoms with van der Waals surface area (Å²) in [6.07, 6.45) is 4.22. The van der Waals surface area contributed by atoms with E-state index < -0.39 is 0 Å². The molecule has 1 saturated carbocycles. The number of anilines is 1. The highest BCUT2D eigenvalue weighted by atomic mass is 16.7. The zero-order valence-corrected chi connectivity index (χ0v) is 14.0. The van der Waals surface area contributed by atoms with Crippen molar-refractivity contribution in [1.82, 2.24) is 4.90 Å². The van der Waals surface area contributed by atoms with Crippen LogP contribution in [-0.4, -0.2) is 44.0 Å². The van der Waals surface area contributed by atoms with E-state index in [4.69, 9.17) is 9.47 Å². The molecule has 2 aliphatic rings. The van der Waals surface area contributed by atoms with Crippen LogP contribution in [0.3, 0.4) is 0 Å². The van der Waals surface area contributed by atoms with Crippen molar-refractivity contribution < 1.29 is 9.47 Å². The lowest BCUT2D eigenvalue weighted by molar-refractivity contribution is -0.177. The number of nitrogens with zero attached hydrogens (tertiary/aromatic N) is 1. The zero-order chi connectivity index (χ0) is 15.6. The van der Waals surface area contributed by atoms with Crippen LogP contribution in [0.5, 0.6) is 0 Å². The third kappa shape index (κ3) is 3.80. The Morgan fingerprint density at radius 2 is 1.82 bits per heavy atom. The van der Waals surface area contributed by atoms with Crippen molar-refractivity contribution >= 4 is 5.69 Å². The molecule has 22 heavy (non-hydrogen) atoms. The highest BCUT2D eigenvalue weighted by Gasteiger charge is 2.40. The summed E-state index contributed by atoms with van der Waals surface area (Å²) in [5, 5.41) is 3.71. The fourth-order valence-corrected chi connectivity index (χ4v) is 3.63. The Balaban J connectivity index is 1.60. The van der Waals surface area contributed by atoms with Gasteiger partial charge in [-0.1, -0.05) is 6.07 Å². The van der Waals surface area contributed by atoms with E-state index in [0.29, 0.717) is 6.04 Å². The first-order valence-corrected chi connectivity index (χ1v) is 8.34. The smallest absolute Gasteiger partial charge is 0.168 e. The first-order chi connectivity index (χ1) is 10.5. The molecule has 0 unspecified atom stereocenters. The van der Waals surface area contributed by atoms with E-state index in [9.17, 15) is 0 Å². The highest BCUT2D eigenvalue weighted by Crippen LogP contribution is 2.36. The molecule has 1 aromatic rings. The molecule has 4 heteroatoms. The molecule has 0 amide bonds. The molecule has 0 atom stereocenters. The van der Waals surface area contributed by atoms with Crippen molar-refractivity contribution in [3.63, 3.8) is 0 Å². The lowest BCUT2D eigenvalue weighted by Gasteiger charge is -2.36. The van der Waals surface area contributed by atoms with Crippen LogP contribution < -0.4 is 5.32 Å². The largest absolute Gasteiger partial charge is 0.382 e. The molecule has 1 aliphatic heterocycles. The number of aryl methyl sites for hydroxylation is 1. The second-order valence-electron chi connectivity index (χ2n) is 6.97. The van der Waals surface area contributed by atoms with E-state index in [1.807, 2.05) is 0 Å². The van der Waals surface area contributed by atoms with E-state index in [1.54, 1.807) is 0 Å². The minimum atomic E-state index is -0.263. The first-order valence-electron chi connectivity index (χ1n) is 8.34. The lowest BCUT2D eigenvalue weighted by atomic mass is 9.90. The minimum Gasteiger partial charge on any atom is -0.382 e. The SMILES string of the molecule is Cc1cc(CN(C)C)cc(NC2CCC3(CC2)OCCO3)c1. The van der Waals surface area contributed by atoms with Crippen LogP contribution in [0.2, 0.25) is 0 Å². The quantitative estimate of drug-likeness (QED) is 0.926. The van der Waals surface area contributed by atoms with Gasteiger partial charge in [0, 0.05) is 31.1 Å². The Bertz CT molecular complexity index is 500. The fourth-order valence-electron chi connectivity index (χ4n) is 3.63. The van der Waals surface area contributed by atoms with Crippen LogP contribution in [0.15, 0.2) is 18.2 Å². The van der Waals surface area contributed by atoms with Crippen molar-refractivity contribution in [1.29, 1.82) is 0 Å². The number of hydrogen-bond acceptors (Lipinski definition) is 4. The molecular formula is C18H28N2O2. The number of rotatable bonds is 4. The van der Waals surface area contributed by atoms with E-state index in [1.165, 1.54) is 16.8 Å². The van der Waals surface area contributed by atoms with Gasteiger partial charge in [0.2, 0.25) is 0 Å². The van der Waals surface area contributed by atoms with Gasteiger partial charge in [-0.25, -0.2) is 0 Å². The van der Waals surface area contributed by atoms with Gasteiger partial charge in [0.05, 0.1) is 13.2 Å². The van der Waals surface area contributed by atoms with E-state index in [2.05, 4.69) is 49.4 Å². The Kier molecular flexibility index (Phi) is 4.71. The fraction of sp³-hybridized carbons (Fsp3) is 0.667. The van der Waals surface area contributed by atoms with Gasteiger partial charge in [0.15, 0.2) is 5.79 Å². The van der Waals surface area contributed by atoms with Crippen LogP contribution in [-0.2, 0) is 16.0 Å². The molecule has 1 spiro atoms. The summed E-state index contributed by atoms with van der Waals surface area (Å²) in [6, 6.07) is 7.31.